The van der Waals surface area contributed by atoms with E-state index in [0.29, 0.717) is 13.0 Å². The Morgan fingerprint density at radius 2 is 2.00 bits per heavy atom. The van der Waals surface area contributed by atoms with Gasteiger partial charge in [-0.05, 0) is 12.0 Å². The Bertz CT molecular complexity index is 493. The summed E-state index contributed by atoms with van der Waals surface area (Å²) in [6.07, 6.45) is 4.18. The molecule has 1 aromatic heterocycles. The van der Waals surface area contributed by atoms with E-state index in [4.69, 9.17) is 5.11 Å². The first kappa shape index (κ1) is 13.8. The quantitative estimate of drug-likeness (QED) is 0.601. The van der Waals surface area contributed by atoms with Gasteiger partial charge in [0.2, 0.25) is 0 Å². The molecule has 0 atom stereocenters. The normalized spacial score (nSPS) is 10.4. The minimum atomic E-state index is 0.183. The number of nitrogens with zero attached hydrogens (tertiary/aromatic N) is 2. The highest BCUT2D eigenvalue weighted by atomic mass is 32.2. The maximum atomic E-state index is 8.73. The Hall–Kier alpha value is -1.59. The van der Waals surface area contributed by atoms with Crippen molar-refractivity contribution >= 4 is 17.6 Å². The summed E-state index contributed by atoms with van der Waals surface area (Å²) in [6.45, 7) is 0.890. The van der Waals surface area contributed by atoms with Crippen LogP contribution in [0.25, 0.3) is 0 Å². The summed E-state index contributed by atoms with van der Waals surface area (Å²) >= 11 is 1.66. The standard InChI is InChI=1S/C14H17N3OS/c18-8-4-7-16-13-9-15-10-14(17-13)19-11-12-5-2-1-3-6-12/h1-3,5-6,9-10,18H,4,7-8,11H2,(H,16,17). The minimum Gasteiger partial charge on any atom is -0.396 e. The van der Waals surface area contributed by atoms with Crippen molar-refractivity contribution in [1.82, 2.24) is 9.97 Å². The van der Waals surface area contributed by atoms with Gasteiger partial charge in [-0.15, -0.1) is 11.8 Å². The molecule has 1 heterocycles. The van der Waals surface area contributed by atoms with E-state index >= 15 is 0 Å². The second-order valence-corrected chi connectivity index (χ2v) is 5.02. The van der Waals surface area contributed by atoms with Crippen molar-refractivity contribution < 1.29 is 5.11 Å². The number of hydrogen-bond acceptors (Lipinski definition) is 5. The fourth-order valence-corrected chi connectivity index (χ4v) is 2.34. The van der Waals surface area contributed by atoms with Gasteiger partial charge in [0.25, 0.3) is 0 Å². The molecule has 0 saturated heterocycles. The van der Waals surface area contributed by atoms with Gasteiger partial charge in [0.05, 0.1) is 12.4 Å². The lowest BCUT2D eigenvalue weighted by Crippen LogP contribution is -2.05. The van der Waals surface area contributed by atoms with Crippen LogP contribution in [0.3, 0.4) is 0 Å². The van der Waals surface area contributed by atoms with E-state index in [-0.39, 0.29) is 6.61 Å². The lowest BCUT2D eigenvalue weighted by molar-refractivity contribution is 0.292. The summed E-state index contributed by atoms with van der Waals surface area (Å²) in [6, 6.07) is 10.3. The Balaban J connectivity index is 1.88. The molecule has 0 spiro atoms. The molecule has 19 heavy (non-hydrogen) atoms. The first-order chi connectivity index (χ1) is 9.38. The summed E-state index contributed by atoms with van der Waals surface area (Å²) in [4.78, 5) is 8.63. The first-order valence-electron chi connectivity index (χ1n) is 6.22. The second-order valence-electron chi connectivity index (χ2n) is 4.02. The van der Waals surface area contributed by atoms with Gasteiger partial charge in [-0.2, -0.15) is 0 Å². The molecule has 0 aliphatic carbocycles. The van der Waals surface area contributed by atoms with Gasteiger partial charge in [-0.3, -0.25) is 4.98 Å². The molecular formula is C14H17N3OS. The molecule has 1 aromatic carbocycles. The van der Waals surface area contributed by atoms with Gasteiger partial charge in [-0.1, -0.05) is 30.3 Å². The van der Waals surface area contributed by atoms with E-state index in [1.165, 1.54) is 5.56 Å². The Morgan fingerprint density at radius 3 is 2.79 bits per heavy atom. The number of rotatable bonds is 7. The molecule has 2 N–H and O–H groups in total. The summed E-state index contributed by atoms with van der Waals surface area (Å²) in [7, 11) is 0. The summed E-state index contributed by atoms with van der Waals surface area (Å²) in [5.41, 5.74) is 1.27. The van der Waals surface area contributed by atoms with Crippen molar-refractivity contribution in [3.63, 3.8) is 0 Å². The van der Waals surface area contributed by atoms with Gasteiger partial charge in [0.15, 0.2) is 0 Å². The highest BCUT2D eigenvalue weighted by molar-refractivity contribution is 7.98. The largest absolute Gasteiger partial charge is 0.396 e. The van der Waals surface area contributed by atoms with E-state index in [1.807, 2.05) is 18.2 Å². The third-order valence-electron chi connectivity index (χ3n) is 2.48. The number of anilines is 1. The molecule has 0 saturated carbocycles. The number of aromatic nitrogens is 2. The Morgan fingerprint density at radius 1 is 1.16 bits per heavy atom. The molecule has 0 aliphatic rings. The van der Waals surface area contributed by atoms with Crippen molar-refractivity contribution in [3.8, 4) is 0 Å². The Labute approximate surface area is 117 Å². The van der Waals surface area contributed by atoms with Crippen LogP contribution in [0.4, 0.5) is 5.82 Å². The van der Waals surface area contributed by atoms with Crippen LogP contribution in [-0.4, -0.2) is 28.2 Å². The van der Waals surface area contributed by atoms with Crippen molar-refractivity contribution in [2.45, 2.75) is 17.2 Å². The number of aliphatic hydroxyl groups is 1. The van der Waals surface area contributed by atoms with Crippen LogP contribution in [0.2, 0.25) is 0 Å². The number of thioether (sulfide) groups is 1. The molecule has 0 radical (unpaired) electrons. The molecule has 2 rings (SSSR count). The van der Waals surface area contributed by atoms with Crippen LogP contribution >= 0.6 is 11.8 Å². The second kappa shape index (κ2) is 7.76. The average molecular weight is 275 g/mol. The molecule has 0 aliphatic heterocycles. The third-order valence-corrected chi connectivity index (χ3v) is 3.45. The molecule has 0 fully saturated rings. The third kappa shape index (κ3) is 4.89. The van der Waals surface area contributed by atoms with Crippen LogP contribution in [0.5, 0.6) is 0 Å². The summed E-state index contributed by atoms with van der Waals surface area (Å²) in [5, 5.41) is 12.8. The minimum absolute atomic E-state index is 0.183. The maximum absolute atomic E-state index is 8.73. The zero-order chi connectivity index (χ0) is 13.3. The molecule has 0 amide bonds. The number of hydrogen-bond donors (Lipinski definition) is 2. The molecule has 4 nitrogen and oxygen atoms in total. The molecule has 0 bridgehead atoms. The maximum Gasteiger partial charge on any atom is 0.145 e. The van der Waals surface area contributed by atoms with E-state index in [0.717, 1.165) is 16.6 Å². The lowest BCUT2D eigenvalue weighted by atomic mass is 10.2. The van der Waals surface area contributed by atoms with Crippen molar-refractivity contribution in [3.05, 3.63) is 48.3 Å². The summed E-state index contributed by atoms with van der Waals surface area (Å²) in [5.74, 6) is 1.64. The number of aliphatic hydroxyl groups excluding tert-OH is 1. The highest BCUT2D eigenvalue weighted by Crippen LogP contribution is 2.20. The van der Waals surface area contributed by atoms with Gasteiger partial charge in [0, 0.05) is 18.9 Å². The van der Waals surface area contributed by atoms with E-state index < -0.39 is 0 Å². The van der Waals surface area contributed by atoms with Gasteiger partial charge in [-0.25, -0.2) is 4.98 Å². The topological polar surface area (TPSA) is 58.0 Å². The predicted molar refractivity (Wildman–Crippen MR) is 78.2 cm³/mol. The number of nitrogens with one attached hydrogen (secondary N) is 1. The van der Waals surface area contributed by atoms with E-state index in [9.17, 15) is 0 Å². The van der Waals surface area contributed by atoms with Crippen LogP contribution in [0.15, 0.2) is 47.8 Å². The first-order valence-corrected chi connectivity index (χ1v) is 7.20. The highest BCUT2D eigenvalue weighted by Gasteiger charge is 2.00. The molecular weight excluding hydrogens is 258 g/mol. The van der Waals surface area contributed by atoms with Crippen molar-refractivity contribution in [2.24, 2.45) is 0 Å². The fraction of sp³-hybridized carbons (Fsp3) is 0.286. The van der Waals surface area contributed by atoms with E-state index in [2.05, 4.69) is 27.4 Å². The SMILES string of the molecule is OCCCNc1cncc(SCc2ccccc2)n1. The van der Waals surface area contributed by atoms with Crippen LogP contribution in [0, 0.1) is 0 Å². The van der Waals surface area contributed by atoms with Gasteiger partial charge >= 0.3 is 0 Å². The number of benzene rings is 1. The lowest BCUT2D eigenvalue weighted by Gasteiger charge is -2.06. The van der Waals surface area contributed by atoms with Crippen LogP contribution in [-0.2, 0) is 5.75 Å². The smallest absolute Gasteiger partial charge is 0.145 e. The zero-order valence-corrected chi connectivity index (χ0v) is 11.4. The van der Waals surface area contributed by atoms with Crippen molar-refractivity contribution in [1.29, 1.82) is 0 Å². The Kier molecular flexibility index (Phi) is 5.65. The van der Waals surface area contributed by atoms with Crippen LogP contribution < -0.4 is 5.32 Å². The summed E-state index contributed by atoms with van der Waals surface area (Å²) < 4.78 is 0. The average Bonchev–Trinajstić information content (AvgIpc) is 2.47. The molecule has 0 unspecified atom stereocenters. The fourth-order valence-electron chi connectivity index (χ4n) is 1.53. The molecule has 100 valence electrons. The van der Waals surface area contributed by atoms with E-state index in [1.54, 1.807) is 24.2 Å². The van der Waals surface area contributed by atoms with Gasteiger partial charge < -0.3 is 10.4 Å². The zero-order valence-electron chi connectivity index (χ0n) is 10.6. The monoisotopic (exact) mass is 275 g/mol. The molecule has 5 heteroatoms. The van der Waals surface area contributed by atoms with Crippen molar-refractivity contribution in [2.75, 3.05) is 18.5 Å². The molecule has 2 aromatic rings. The van der Waals surface area contributed by atoms with Crippen LogP contribution in [0.1, 0.15) is 12.0 Å². The van der Waals surface area contributed by atoms with Gasteiger partial charge in [0.1, 0.15) is 10.8 Å². The predicted octanol–water partition coefficient (Wildman–Crippen LogP) is 2.56.